The zero-order valence-electron chi connectivity index (χ0n) is 14.1. The van der Waals surface area contributed by atoms with E-state index in [9.17, 15) is 0 Å². The average molecular weight is 847 g/mol. The van der Waals surface area contributed by atoms with Crippen molar-refractivity contribution in [2.75, 3.05) is 0 Å². The zero-order valence-corrected chi connectivity index (χ0v) is 23.0. The summed E-state index contributed by atoms with van der Waals surface area (Å²) in [7, 11) is 0. The number of rotatable bonds is 0. The van der Waals surface area contributed by atoms with Gasteiger partial charge in [-0.15, -0.1) is 0 Å². The maximum atomic E-state index is 0. The molecular weight excluding hydrogens is 799 g/mol. The minimum atomic E-state index is 0. The third-order valence-corrected chi connectivity index (χ3v) is 0. The van der Waals surface area contributed by atoms with Crippen molar-refractivity contribution in [3.63, 3.8) is 0 Å². The molecule has 0 saturated heterocycles. The van der Waals surface area contributed by atoms with E-state index in [1.54, 1.807) is 0 Å². The fourth-order valence-electron chi connectivity index (χ4n) is 0. The number of hydrogen-bond acceptors (Lipinski definition) is 0. The molecule has 0 aliphatic carbocycles. The van der Waals surface area contributed by atoms with Gasteiger partial charge < -0.3 is 120 Å². The molecule has 0 aromatic carbocycles. The molecule has 0 aromatic heterocycles. The fraction of sp³-hybridized carbons (Fsp3) is 0. The van der Waals surface area contributed by atoms with Gasteiger partial charge in [-0.2, -0.15) is 0 Å². The first kappa shape index (κ1) is 3230. The Balaban J connectivity index is 0. The van der Waals surface area contributed by atoms with Gasteiger partial charge >= 0.3 is 137 Å². The summed E-state index contributed by atoms with van der Waals surface area (Å²) in [6.07, 6.45) is 0. The van der Waals surface area contributed by atoms with Crippen LogP contribution in [-0.2, 0) is 158 Å². The van der Waals surface area contributed by atoms with Gasteiger partial charge in [0.25, 0.3) is 0 Å². The van der Waals surface area contributed by atoms with Gasteiger partial charge in [0, 0.05) is 0 Å². The van der Waals surface area contributed by atoms with Crippen molar-refractivity contribution >= 4 is 0 Å². The smallest absolute Gasteiger partial charge is 0.457 e. The molecule has 0 atom stereocenters. The van der Waals surface area contributed by atoms with Crippen LogP contribution in [0.5, 0.6) is 0 Å². The van der Waals surface area contributed by atoms with Crippen LogP contribution in [0.25, 0.3) is 0 Å². The Morgan fingerprint density at radius 2 is 0.100 bits per heavy atom. The Morgan fingerprint density at radius 3 is 0.100 bits per heavy atom. The van der Waals surface area contributed by atoms with Crippen LogP contribution in [0.3, 0.4) is 0 Å². The van der Waals surface area contributed by atoms with Crippen molar-refractivity contribution in [2.24, 2.45) is 0 Å². The van der Waals surface area contributed by atoms with Crippen molar-refractivity contribution in [2.45, 2.75) is 0 Å². The molecule has 0 aromatic rings. The Morgan fingerprint density at radius 1 is 0.100 bits per heavy atom. The Hall–Kier alpha value is 3.28. The van der Waals surface area contributed by atoms with E-state index in [1.807, 2.05) is 0 Å². The SMILES string of the molecule is O.O.O.O.O.O.O.O.O.O.O.O.O.O.O.O.O.O.[Fe+3].[Fe+3].[Fe+3].[Fe+3].[Fe+3].[Fe+3].[Fe+3].[Fe+3].[OH3+].[OH3+].[OH3+].[OH3+]. The van der Waals surface area contributed by atoms with E-state index in [-0.39, 0.29) is 257 Å². The number of hydrogen-bond donors (Lipinski definition) is 0. The van der Waals surface area contributed by atoms with Gasteiger partial charge in [-0.05, 0) is 0 Å². The van der Waals surface area contributed by atoms with Crippen molar-refractivity contribution in [3.05, 3.63) is 0 Å². The second-order valence-electron chi connectivity index (χ2n) is 0. The van der Waals surface area contributed by atoms with Crippen molar-refractivity contribution < 1.29 is 257 Å². The molecular formula is H48Fe8O22+28. The minimum Gasteiger partial charge on any atom is -0.457 e. The van der Waals surface area contributed by atoms with Crippen molar-refractivity contribution in [1.82, 2.24) is 0 Å². The first-order valence-electron chi connectivity index (χ1n) is 0. The van der Waals surface area contributed by atoms with Gasteiger partial charge in [0.1, 0.15) is 0 Å². The molecule has 0 aliphatic heterocycles. The molecule has 0 unspecified atom stereocenters. The third kappa shape index (κ3) is 2670. The van der Waals surface area contributed by atoms with E-state index >= 15 is 0 Å². The molecule has 0 rings (SSSR count). The topological polar surface area (TPSA) is 699 Å². The van der Waals surface area contributed by atoms with Crippen molar-refractivity contribution in [1.29, 1.82) is 0 Å². The summed E-state index contributed by atoms with van der Waals surface area (Å²) in [5.74, 6) is 0. The molecule has 216 valence electrons. The molecule has 0 amide bonds. The van der Waals surface area contributed by atoms with Crippen LogP contribution in [-0.4, -0.2) is 98.6 Å². The van der Waals surface area contributed by atoms with E-state index in [2.05, 4.69) is 0 Å². The summed E-state index contributed by atoms with van der Waals surface area (Å²) >= 11 is 0. The van der Waals surface area contributed by atoms with E-state index < -0.39 is 0 Å². The van der Waals surface area contributed by atoms with Gasteiger partial charge in [0.2, 0.25) is 0 Å². The van der Waals surface area contributed by atoms with Gasteiger partial charge in [-0.25, -0.2) is 0 Å². The molecule has 0 spiro atoms. The fourth-order valence-corrected chi connectivity index (χ4v) is 0. The van der Waals surface area contributed by atoms with E-state index in [1.165, 1.54) is 0 Å². The van der Waals surface area contributed by atoms with Crippen LogP contribution in [0.4, 0.5) is 0 Å². The quantitative estimate of drug-likeness (QED) is 0.162. The first-order valence-corrected chi connectivity index (χ1v) is 0. The second kappa shape index (κ2) is 2940. The second-order valence-corrected chi connectivity index (χ2v) is 0. The maximum Gasteiger partial charge on any atom is 3.00 e. The Bertz CT molecular complexity index is 25.1. The molecule has 0 fully saturated rings. The Labute approximate surface area is 255 Å². The van der Waals surface area contributed by atoms with Crippen LogP contribution in [0.15, 0.2) is 0 Å². The third-order valence-electron chi connectivity index (χ3n) is 0. The Kier molecular flexibility index (Phi) is 317000. The summed E-state index contributed by atoms with van der Waals surface area (Å²) < 4.78 is 0. The van der Waals surface area contributed by atoms with Crippen LogP contribution in [0, 0.1) is 0 Å². The summed E-state index contributed by atoms with van der Waals surface area (Å²) in [5.41, 5.74) is 0. The predicted molar refractivity (Wildman–Crippen MR) is 84.5 cm³/mol. The van der Waals surface area contributed by atoms with E-state index in [0.29, 0.717) is 0 Å². The first-order chi connectivity index (χ1) is 0. The average Bonchev–Trinajstić information content (AvgIpc) is 0. The van der Waals surface area contributed by atoms with Crippen LogP contribution < -0.4 is 0 Å². The molecule has 30 heteroatoms. The van der Waals surface area contributed by atoms with Gasteiger partial charge in [-0.3, -0.25) is 0 Å². The monoisotopic (exact) mass is 848 g/mol. The van der Waals surface area contributed by atoms with Gasteiger partial charge in [-0.1, -0.05) is 0 Å². The van der Waals surface area contributed by atoms with Crippen LogP contribution in [0.1, 0.15) is 0 Å². The van der Waals surface area contributed by atoms with Crippen LogP contribution in [0.2, 0.25) is 0 Å². The van der Waals surface area contributed by atoms with Gasteiger partial charge in [0.05, 0.1) is 0 Å². The van der Waals surface area contributed by atoms with E-state index in [4.69, 9.17) is 0 Å². The normalized spacial score (nSPS) is 0. The minimum absolute atomic E-state index is 0. The largest absolute Gasteiger partial charge is 3.00 e. The molecule has 0 heterocycles. The summed E-state index contributed by atoms with van der Waals surface area (Å²) in [6.45, 7) is 0. The maximum absolute atomic E-state index is 0. The standard InChI is InChI=1S/8Fe.22H2O/h;;;;;;;;22*1H2/q8*+3;;;;;;;;;;;;;;;;;;;;;;/p+4. The van der Waals surface area contributed by atoms with E-state index in [0.717, 1.165) is 0 Å². The molecule has 8 radical (unpaired) electrons. The predicted octanol–water partition coefficient (Wildman–Crippen LogP) is -18.6. The molecule has 22 nitrogen and oxygen atoms in total. The summed E-state index contributed by atoms with van der Waals surface area (Å²) in [4.78, 5) is 0. The van der Waals surface area contributed by atoms with Crippen LogP contribution >= 0.6 is 0 Å². The molecule has 0 bridgehead atoms. The molecule has 48 N–H and O–H groups in total. The molecule has 0 aliphatic rings. The molecule has 0 saturated carbocycles. The summed E-state index contributed by atoms with van der Waals surface area (Å²) in [6, 6.07) is 0. The van der Waals surface area contributed by atoms with Crippen molar-refractivity contribution in [3.8, 4) is 0 Å². The van der Waals surface area contributed by atoms with Gasteiger partial charge in [0.15, 0.2) is 0 Å². The molecule has 30 heavy (non-hydrogen) atoms. The zero-order chi connectivity index (χ0) is 0. The summed E-state index contributed by atoms with van der Waals surface area (Å²) in [5, 5.41) is 0.